The van der Waals surface area contributed by atoms with Crippen LogP contribution in [0.4, 0.5) is 26.3 Å². The highest BCUT2D eigenvalue weighted by Crippen LogP contribution is 2.30. The van der Waals surface area contributed by atoms with Crippen molar-refractivity contribution in [3.05, 3.63) is 29.8 Å². The van der Waals surface area contributed by atoms with E-state index in [0.29, 0.717) is 17.0 Å². The van der Waals surface area contributed by atoms with Gasteiger partial charge < -0.3 is 9.80 Å². The van der Waals surface area contributed by atoms with Gasteiger partial charge in [-0.1, -0.05) is 0 Å². The molecule has 0 bridgehead atoms. The third-order valence-electron chi connectivity index (χ3n) is 5.30. The van der Waals surface area contributed by atoms with Gasteiger partial charge in [0, 0.05) is 39.1 Å². The molecule has 3 rings (SSSR count). The third-order valence-corrected chi connectivity index (χ3v) is 7.22. The quantitative estimate of drug-likeness (QED) is 0.609. The molecule has 1 atom stereocenters. The number of rotatable bonds is 4. The first-order valence-electron chi connectivity index (χ1n) is 9.49. The summed E-state index contributed by atoms with van der Waals surface area (Å²) in [7, 11) is -4.09. The molecule has 2 saturated heterocycles. The van der Waals surface area contributed by atoms with Crippen molar-refractivity contribution in [2.45, 2.75) is 23.7 Å². The Kier molecular flexibility index (Phi) is 6.48. The van der Waals surface area contributed by atoms with E-state index < -0.39 is 52.2 Å². The highest BCUT2D eigenvalue weighted by Gasteiger charge is 2.42. The monoisotopic (exact) mass is 487 g/mol. The van der Waals surface area contributed by atoms with Crippen LogP contribution < -0.4 is 0 Å². The standard InChI is InChI=1S/C18H19F6N3O4S/c19-17(20,21)11-26-10-12(9-15(26)28)16(29)25-5-7-27(8-6-25)32(30,31)14-3-1-13(2-4-14)18(22,23)24/h1-4,12H,5-11H2. The molecule has 0 radical (unpaired) electrons. The predicted octanol–water partition coefficient (Wildman–Crippen LogP) is 1.95. The van der Waals surface area contributed by atoms with Crippen LogP contribution in [0.3, 0.4) is 0 Å². The van der Waals surface area contributed by atoms with Crippen molar-refractivity contribution in [3.63, 3.8) is 0 Å². The summed E-state index contributed by atoms with van der Waals surface area (Å²) in [6.45, 7) is -2.18. The Balaban J connectivity index is 1.60. The van der Waals surface area contributed by atoms with Crippen molar-refractivity contribution in [1.29, 1.82) is 0 Å². The number of hydrogen-bond donors (Lipinski definition) is 0. The van der Waals surface area contributed by atoms with Crippen LogP contribution in [-0.4, -0.2) is 79.8 Å². The van der Waals surface area contributed by atoms with E-state index in [1.807, 2.05) is 0 Å². The van der Waals surface area contributed by atoms with Crippen LogP contribution in [0.2, 0.25) is 0 Å². The first kappa shape index (κ1) is 24.3. The minimum atomic E-state index is -4.61. The van der Waals surface area contributed by atoms with Gasteiger partial charge in [0.05, 0.1) is 16.4 Å². The Morgan fingerprint density at radius 1 is 0.969 bits per heavy atom. The van der Waals surface area contributed by atoms with Crippen molar-refractivity contribution in [2.24, 2.45) is 5.92 Å². The van der Waals surface area contributed by atoms with Crippen LogP contribution in [0.25, 0.3) is 0 Å². The lowest BCUT2D eigenvalue weighted by molar-refractivity contribution is -0.157. The zero-order valence-electron chi connectivity index (χ0n) is 16.5. The Morgan fingerprint density at radius 2 is 1.53 bits per heavy atom. The van der Waals surface area contributed by atoms with Crippen molar-refractivity contribution in [2.75, 3.05) is 39.3 Å². The summed E-state index contributed by atoms with van der Waals surface area (Å²) < 4.78 is 102. The van der Waals surface area contributed by atoms with E-state index in [1.54, 1.807) is 0 Å². The lowest BCUT2D eigenvalue weighted by Gasteiger charge is -2.35. The number of hydrogen-bond acceptors (Lipinski definition) is 4. The second-order valence-electron chi connectivity index (χ2n) is 7.54. The number of piperazine rings is 1. The topological polar surface area (TPSA) is 78.0 Å². The maximum absolute atomic E-state index is 12.7. The van der Waals surface area contributed by atoms with Crippen LogP contribution in [0.15, 0.2) is 29.2 Å². The van der Waals surface area contributed by atoms with Crippen LogP contribution >= 0.6 is 0 Å². The van der Waals surface area contributed by atoms with E-state index in [4.69, 9.17) is 0 Å². The zero-order chi connectivity index (χ0) is 23.9. The summed E-state index contributed by atoms with van der Waals surface area (Å²) in [5.74, 6) is -2.25. The van der Waals surface area contributed by atoms with Gasteiger partial charge in [0.2, 0.25) is 21.8 Å². The molecule has 2 fully saturated rings. The molecule has 2 amide bonds. The second kappa shape index (κ2) is 8.54. The smallest absolute Gasteiger partial charge is 0.340 e. The number of amides is 2. The molecule has 2 heterocycles. The fraction of sp³-hybridized carbons (Fsp3) is 0.556. The summed E-state index contributed by atoms with van der Waals surface area (Å²) in [6, 6.07) is 3.04. The van der Waals surface area contributed by atoms with E-state index in [9.17, 15) is 44.3 Å². The molecule has 0 saturated carbocycles. The summed E-state index contributed by atoms with van der Waals surface area (Å²) in [5.41, 5.74) is -0.988. The number of carbonyl (C=O) groups excluding carboxylic acids is 2. The third kappa shape index (κ3) is 5.34. The average molecular weight is 487 g/mol. The van der Waals surface area contributed by atoms with Crippen LogP contribution in [0.5, 0.6) is 0 Å². The summed E-state index contributed by atoms with van der Waals surface area (Å²) >= 11 is 0. The number of benzene rings is 1. The molecule has 2 aliphatic rings. The van der Waals surface area contributed by atoms with Crippen LogP contribution in [-0.2, 0) is 25.8 Å². The molecular weight excluding hydrogens is 468 g/mol. The van der Waals surface area contributed by atoms with Gasteiger partial charge in [0.25, 0.3) is 0 Å². The lowest BCUT2D eigenvalue weighted by atomic mass is 10.1. The van der Waals surface area contributed by atoms with E-state index in [1.165, 1.54) is 4.90 Å². The van der Waals surface area contributed by atoms with Gasteiger partial charge in [-0.25, -0.2) is 8.42 Å². The van der Waals surface area contributed by atoms with Gasteiger partial charge in [-0.15, -0.1) is 0 Å². The summed E-state index contributed by atoms with van der Waals surface area (Å²) in [4.78, 5) is 25.9. The molecule has 178 valence electrons. The molecule has 2 aliphatic heterocycles. The number of nitrogens with zero attached hydrogens (tertiary/aromatic N) is 3. The average Bonchev–Trinajstić information content (AvgIpc) is 3.05. The summed E-state index contributed by atoms with van der Waals surface area (Å²) in [6.07, 6.45) is -9.53. The molecule has 32 heavy (non-hydrogen) atoms. The number of halogens is 6. The number of likely N-dealkylation sites (tertiary alicyclic amines) is 1. The van der Waals surface area contributed by atoms with Gasteiger partial charge >= 0.3 is 12.4 Å². The maximum Gasteiger partial charge on any atom is 0.416 e. The molecule has 1 aromatic carbocycles. The fourth-order valence-electron chi connectivity index (χ4n) is 3.68. The second-order valence-corrected chi connectivity index (χ2v) is 9.48. The van der Waals surface area contributed by atoms with Crippen molar-refractivity contribution in [3.8, 4) is 0 Å². The lowest BCUT2D eigenvalue weighted by Crippen LogP contribution is -2.52. The van der Waals surface area contributed by atoms with Crippen LogP contribution in [0, 0.1) is 5.92 Å². The van der Waals surface area contributed by atoms with E-state index >= 15 is 0 Å². The molecule has 0 spiro atoms. The molecule has 14 heteroatoms. The first-order chi connectivity index (χ1) is 14.7. The minimum absolute atomic E-state index is 0.0529. The molecule has 1 unspecified atom stereocenters. The highest BCUT2D eigenvalue weighted by atomic mass is 32.2. The van der Waals surface area contributed by atoms with Gasteiger partial charge in [0.15, 0.2) is 0 Å². The number of carbonyl (C=O) groups is 2. The van der Waals surface area contributed by atoms with E-state index in [-0.39, 0.29) is 44.0 Å². The Hall–Kier alpha value is -2.35. The van der Waals surface area contributed by atoms with Gasteiger partial charge in [0.1, 0.15) is 6.54 Å². The molecule has 0 aromatic heterocycles. The van der Waals surface area contributed by atoms with Gasteiger partial charge in [-0.05, 0) is 24.3 Å². The Bertz CT molecular complexity index is 970. The van der Waals surface area contributed by atoms with Crippen molar-refractivity contribution < 1.29 is 44.3 Å². The predicted molar refractivity (Wildman–Crippen MR) is 97.5 cm³/mol. The molecule has 0 aliphatic carbocycles. The minimum Gasteiger partial charge on any atom is -0.340 e. The fourth-order valence-corrected chi connectivity index (χ4v) is 5.10. The highest BCUT2D eigenvalue weighted by molar-refractivity contribution is 7.89. The van der Waals surface area contributed by atoms with Crippen LogP contribution in [0.1, 0.15) is 12.0 Å². The van der Waals surface area contributed by atoms with Gasteiger partial charge in [-0.3, -0.25) is 9.59 Å². The Morgan fingerprint density at radius 3 is 2.03 bits per heavy atom. The van der Waals surface area contributed by atoms with Crippen molar-refractivity contribution in [1.82, 2.24) is 14.1 Å². The first-order valence-corrected chi connectivity index (χ1v) is 10.9. The van der Waals surface area contributed by atoms with E-state index in [2.05, 4.69) is 0 Å². The SMILES string of the molecule is O=C1CC(C(=O)N2CCN(S(=O)(=O)c3ccc(C(F)(F)F)cc3)CC2)CN1CC(F)(F)F. The largest absolute Gasteiger partial charge is 0.416 e. The molecule has 1 aromatic rings. The number of sulfonamides is 1. The summed E-state index contributed by atoms with van der Waals surface area (Å²) in [5, 5.41) is 0. The Labute approximate surface area is 179 Å². The molecule has 0 N–H and O–H groups in total. The van der Waals surface area contributed by atoms with Crippen molar-refractivity contribution >= 4 is 21.8 Å². The number of alkyl halides is 6. The molecular formula is C18H19F6N3O4S. The van der Waals surface area contributed by atoms with E-state index in [0.717, 1.165) is 16.4 Å². The molecule has 7 nitrogen and oxygen atoms in total. The van der Waals surface area contributed by atoms with Gasteiger partial charge in [-0.2, -0.15) is 30.6 Å². The normalized spacial score (nSPS) is 21.3. The zero-order valence-corrected chi connectivity index (χ0v) is 17.3. The maximum atomic E-state index is 12.7.